The molecule has 4 heteroatoms. The van der Waals surface area contributed by atoms with Crippen LogP contribution < -0.4 is 0 Å². The summed E-state index contributed by atoms with van der Waals surface area (Å²) in [5.74, 6) is 0.951. The van der Waals surface area contributed by atoms with Crippen LogP contribution in [0.2, 0.25) is 0 Å². The molecule has 0 saturated heterocycles. The summed E-state index contributed by atoms with van der Waals surface area (Å²) in [4.78, 5) is 9.85. The quantitative estimate of drug-likeness (QED) is 0.198. The zero-order valence-corrected chi connectivity index (χ0v) is 26.4. The average Bonchev–Trinajstić information content (AvgIpc) is 3.80. The number of aryl methyl sites for hydroxylation is 1. The van der Waals surface area contributed by atoms with Crippen LogP contribution in [0.5, 0.6) is 0 Å². The van der Waals surface area contributed by atoms with E-state index in [2.05, 4.69) is 155 Å². The fourth-order valence-corrected chi connectivity index (χ4v) is 7.69. The number of para-hydroxylation sites is 1. The molecule has 226 valence electrons. The average molecular weight is 615 g/mol. The van der Waals surface area contributed by atoms with Gasteiger partial charge in [0.05, 0.1) is 27.8 Å². The van der Waals surface area contributed by atoms with Crippen molar-refractivity contribution in [2.45, 2.75) is 6.42 Å². The fraction of sp³-hybridized carbons (Fsp3) is 0.0455. The van der Waals surface area contributed by atoms with E-state index in [1.165, 1.54) is 49.7 Å². The molecule has 9 aromatic rings. The first-order chi connectivity index (χ1) is 23.7. The van der Waals surface area contributed by atoms with Gasteiger partial charge in [-0.3, -0.25) is 4.98 Å². The van der Waals surface area contributed by atoms with Gasteiger partial charge in [-0.1, -0.05) is 97.1 Å². The first kappa shape index (κ1) is 26.9. The van der Waals surface area contributed by atoms with E-state index >= 15 is 0 Å². The number of hydrogen-bond acceptors (Lipinski definition) is 2. The summed E-state index contributed by atoms with van der Waals surface area (Å²) in [6.45, 7) is 0. The van der Waals surface area contributed by atoms with Gasteiger partial charge in [0.1, 0.15) is 5.82 Å². The third-order valence-corrected chi connectivity index (χ3v) is 10.0. The summed E-state index contributed by atoms with van der Waals surface area (Å²) < 4.78 is 4.59. The normalized spacial score (nSPS) is 12.2. The van der Waals surface area contributed by atoms with Crippen LogP contribution in [0.4, 0.5) is 0 Å². The molecule has 0 bridgehead atoms. The van der Waals surface area contributed by atoms with Gasteiger partial charge in [-0.05, 0) is 88.3 Å². The summed E-state index contributed by atoms with van der Waals surface area (Å²) in [5.41, 5.74) is 16.6. The van der Waals surface area contributed by atoms with Crippen molar-refractivity contribution in [3.63, 3.8) is 0 Å². The lowest BCUT2D eigenvalue weighted by Crippen LogP contribution is -1.96. The van der Waals surface area contributed by atoms with E-state index in [0.717, 1.165) is 51.3 Å². The van der Waals surface area contributed by atoms with Crippen molar-refractivity contribution in [2.75, 3.05) is 0 Å². The fourth-order valence-electron chi connectivity index (χ4n) is 7.69. The molecule has 0 amide bonds. The highest BCUT2D eigenvalue weighted by molar-refractivity contribution is 6.10. The van der Waals surface area contributed by atoms with Gasteiger partial charge in [0, 0.05) is 40.8 Å². The molecule has 0 aliphatic heterocycles. The van der Waals surface area contributed by atoms with Crippen LogP contribution in [0.3, 0.4) is 0 Å². The van der Waals surface area contributed by atoms with E-state index in [1.54, 1.807) is 0 Å². The van der Waals surface area contributed by atoms with Gasteiger partial charge >= 0.3 is 0 Å². The van der Waals surface area contributed by atoms with Crippen molar-refractivity contribution in [3.8, 4) is 50.6 Å². The molecule has 0 saturated carbocycles. The maximum Gasteiger partial charge on any atom is 0.140 e. The van der Waals surface area contributed by atoms with Crippen molar-refractivity contribution in [3.05, 3.63) is 163 Å². The van der Waals surface area contributed by atoms with Gasteiger partial charge in [0.15, 0.2) is 0 Å². The smallest absolute Gasteiger partial charge is 0.140 e. The number of fused-ring (bicyclic) bond motifs is 7. The topological polar surface area (TPSA) is 35.6 Å². The Kier molecular flexibility index (Phi) is 5.82. The van der Waals surface area contributed by atoms with Crippen molar-refractivity contribution >= 4 is 32.8 Å². The Morgan fingerprint density at radius 2 is 1.31 bits per heavy atom. The Hall–Kier alpha value is -6.26. The number of nitrogens with zero attached hydrogens (tertiary/aromatic N) is 4. The molecule has 0 N–H and O–H groups in total. The Labute approximate surface area is 278 Å². The van der Waals surface area contributed by atoms with Crippen LogP contribution >= 0.6 is 0 Å². The summed E-state index contributed by atoms with van der Waals surface area (Å²) >= 11 is 0. The number of benzene rings is 6. The number of hydrogen-bond donors (Lipinski definition) is 0. The summed E-state index contributed by atoms with van der Waals surface area (Å²) in [6.07, 6.45) is 2.83. The lowest BCUT2D eigenvalue weighted by atomic mass is 9.99. The summed E-state index contributed by atoms with van der Waals surface area (Å²) in [5, 5.41) is 2.45. The van der Waals surface area contributed by atoms with Crippen LogP contribution in [-0.4, -0.2) is 19.1 Å². The van der Waals surface area contributed by atoms with Crippen molar-refractivity contribution in [2.24, 2.45) is 7.05 Å². The Bertz CT molecular complexity index is 2710. The van der Waals surface area contributed by atoms with E-state index in [9.17, 15) is 0 Å². The van der Waals surface area contributed by atoms with E-state index in [4.69, 9.17) is 4.98 Å². The van der Waals surface area contributed by atoms with Crippen molar-refractivity contribution in [1.82, 2.24) is 19.1 Å². The van der Waals surface area contributed by atoms with Crippen LogP contribution in [0, 0.1) is 0 Å². The van der Waals surface area contributed by atoms with Gasteiger partial charge in [-0.15, -0.1) is 0 Å². The minimum absolute atomic E-state index is 0.951. The first-order valence-electron chi connectivity index (χ1n) is 16.4. The van der Waals surface area contributed by atoms with Crippen LogP contribution in [0.25, 0.3) is 83.4 Å². The van der Waals surface area contributed by atoms with E-state index in [-0.39, 0.29) is 0 Å². The maximum absolute atomic E-state index is 5.24. The number of rotatable bonds is 4. The van der Waals surface area contributed by atoms with Gasteiger partial charge in [-0.25, -0.2) is 4.98 Å². The van der Waals surface area contributed by atoms with E-state index in [1.807, 2.05) is 18.3 Å². The maximum atomic E-state index is 5.24. The highest BCUT2D eigenvalue weighted by Crippen LogP contribution is 2.40. The molecule has 0 radical (unpaired) electrons. The molecular formula is C44H30N4. The second-order valence-corrected chi connectivity index (χ2v) is 12.8. The van der Waals surface area contributed by atoms with Crippen molar-refractivity contribution < 1.29 is 0 Å². The summed E-state index contributed by atoms with van der Waals surface area (Å²) in [6, 6.07) is 52.4. The Morgan fingerprint density at radius 1 is 0.521 bits per heavy atom. The molecule has 4 nitrogen and oxygen atoms in total. The lowest BCUT2D eigenvalue weighted by molar-refractivity contribution is 0.959. The molecule has 3 aromatic heterocycles. The Balaban J connectivity index is 1.08. The predicted octanol–water partition coefficient (Wildman–Crippen LogP) is 10.6. The second-order valence-electron chi connectivity index (χ2n) is 12.8. The van der Waals surface area contributed by atoms with Crippen LogP contribution in [0.1, 0.15) is 11.1 Å². The molecule has 0 unspecified atom stereocenters. The highest BCUT2D eigenvalue weighted by Gasteiger charge is 2.20. The largest absolute Gasteiger partial charge is 0.327 e. The standard InChI is InChI=1S/C44H30N4/c1-47-42-21-18-29(28-16-19-36-33(23-28)24-30-9-2-3-12-35(30)36)26-40(42)46-44(47)32-17-20-38-37-13-4-5-15-41(37)48(43(38)27-32)34-11-8-10-31(25-34)39-14-6-7-22-45-39/h2-23,25-27H,24H2,1H3. The first-order valence-corrected chi connectivity index (χ1v) is 16.4. The zero-order valence-electron chi connectivity index (χ0n) is 26.4. The monoisotopic (exact) mass is 614 g/mol. The minimum atomic E-state index is 0.951. The molecule has 0 atom stereocenters. The van der Waals surface area contributed by atoms with Crippen molar-refractivity contribution in [1.29, 1.82) is 0 Å². The molecule has 6 aromatic carbocycles. The second kappa shape index (κ2) is 10.4. The van der Waals surface area contributed by atoms with Gasteiger partial charge in [0.25, 0.3) is 0 Å². The van der Waals surface area contributed by atoms with Crippen LogP contribution in [0.15, 0.2) is 152 Å². The predicted molar refractivity (Wildman–Crippen MR) is 197 cm³/mol. The molecule has 1 aliphatic rings. The number of pyridine rings is 1. The Morgan fingerprint density at radius 3 is 2.25 bits per heavy atom. The molecule has 3 heterocycles. The molecule has 10 rings (SSSR count). The molecule has 1 aliphatic carbocycles. The summed E-state index contributed by atoms with van der Waals surface area (Å²) in [7, 11) is 2.12. The van der Waals surface area contributed by atoms with Crippen LogP contribution in [-0.2, 0) is 13.5 Å². The molecule has 48 heavy (non-hydrogen) atoms. The molecule has 0 fully saturated rings. The third-order valence-electron chi connectivity index (χ3n) is 10.0. The zero-order chi connectivity index (χ0) is 31.8. The number of imidazole rings is 1. The molecular weight excluding hydrogens is 585 g/mol. The minimum Gasteiger partial charge on any atom is -0.327 e. The number of aromatic nitrogens is 4. The SMILES string of the molecule is Cn1c(-c2ccc3c4ccccc4n(-c4cccc(-c5ccccn5)c4)c3c2)nc2cc(-c3ccc4c(c3)Cc3ccccc3-4)ccc21. The highest BCUT2D eigenvalue weighted by atomic mass is 15.1. The van der Waals surface area contributed by atoms with Gasteiger partial charge in [-0.2, -0.15) is 0 Å². The third kappa shape index (κ3) is 4.09. The van der Waals surface area contributed by atoms with Gasteiger partial charge < -0.3 is 9.13 Å². The van der Waals surface area contributed by atoms with E-state index < -0.39 is 0 Å². The van der Waals surface area contributed by atoms with Gasteiger partial charge in [0.2, 0.25) is 0 Å². The lowest BCUT2D eigenvalue weighted by Gasteiger charge is -2.11. The molecule has 0 spiro atoms. The van der Waals surface area contributed by atoms with E-state index in [0.29, 0.717) is 0 Å².